The van der Waals surface area contributed by atoms with Gasteiger partial charge in [0.1, 0.15) is 23.6 Å². The van der Waals surface area contributed by atoms with E-state index in [2.05, 4.69) is 16.4 Å². The third kappa shape index (κ3) is 5.87. The second-order valence-electron chi connectivity index (χ2n) is 10.3. The molecule has 0 aliphatic rings. The number of aryl methyl sites for hydroxylation is 2. The summed E-state index contributed by atoms with van der Waals surface area (Å²) >= 11 is 5.94. The highest BCUT2D eigenvalue weighted by Gasteiger charge is 2.15. The van der Waals surface area contributed by atoms with Crippen LogP contribution in [0.4, 0.5) is 0 Å². The van der Waals surface area contributed by atoms with Crippen molar-refractivity contribution in [3.05, 3.63) is 141 Å². The molecule has 208 valence electrons. The highest BCUT2D eigenvalue weighted by molar-refractivity contribution is 6.30. The number of furan rings is 1. The lowest BCUT2D eigenvalue weighted by atomic mass is 10.0. The molecule has 2 heterocycles. The first-order valence-corrected chi connectivity index (χ1v) is 13.8. The monoisotopic (exact) mass is 575 g/mol. The van der Waals surface area contributed by atoms with Gasteiger partial charge in [-0.2, -0.15) is 0 Å². The number of hydrogen-bond acceptors (Lipinski definition) is 6. The van der Waals surface area contributed by atoms with Gasteiger partial charge in [-0.25, -0.2) is 4.68 Å². The van der Waals surface area contributed by atoms with Crippen LogP contribution in [0.1, 0.15) is 54.4 Å². The largest absolute Gasteiger partial charge is 0.486 e. The molecule has 0 N–H and O–H groups in total. The van der Waals surface area contributed by atoms with Crippen LogP contribution in [0.3, 0.4) is 0 Å². The molecule has 0 aliphatic heterocycles. The van der Waals surface area contributed by atoms with Gasteiger partial charge >= 0.3 is 0 Å². The van der Waals surface area contributed by atoms with Crippen molar-refractivity contribution in [3.8, 4) is 11.4 Å². The molecule has 6 rings (SSSR count). The maximum atomic E-state index is 12.8. The van der Waals surface area contributed by atoms with E-state index in [4.69, 9.17) is 20.8 Å². The lowest BCUT2D eigenvalue weighted by Crippen LogP contribution is -2.00. The lowest BCUT2D eigenvalue weighted by Gasteiger charge is -2.09. The number of aromatic nitrogens is 3. The van der Waals surface area contributed by atoms with Crippen LogP contribution in [0, 0.1) is 13.8 Å². The van der Waals surface area contributed by atoms with Crippen molar-refractivity contribution >= 4 is 34.6 Å². The van der Waals surface area contributed by atoms with Crippen molar-refractivity contribution in [2.75, 3.05) is 0 Å². The van der Waals surface area contributed by atoms with E-state index in [0.717, 1.165) is 39.6 Å². The summed E-state index contributed by atoms with van der Waals surface area (Å²) < 4.78 is 13.5. The van der Waals surface area contributed by atoms with Crippen LogP contribution >= 0.6 is 11.6 Å². The predicted molar refractivity (Wildman–Crippen MR) is 161 cm³/mol. The Labute approximate surface area is 247 Å². The van der Waals surface area contributed by atoms with Crippen LogP contribution in [0.25, 0.3) is 16.7 Å². The molecular formula is C34H26ClN3O4. The zero-order valence-corrected chi connectivity index (χ0v) is 23.8. The molecular weight excluding hydrogens is 550 g/mol. The molecule has 0 radical (unpaired) electrons. The first-order chi connectivity index (χ1) is 20.3. The fraction of sp³-hybridized carbons (Fsp3) is 0.118. The Morgan fingerprint density at radius 2 is 1.67 bits per heavy atom. The number of benzene rings is 4. The van der Waals surface area contributed by atoms with Gasteiger partial charge in [-0.1, -0.05) is 35.0 Å². The van der Waals surface area contributed by atoms with Crippen molar-refractivity contribution < 1.29 is 18.7 Å². The summed E-state index contributed by atoms with van der Waals surface area (Å²) in [5.41, 5.74) is 7.43. The van der Waals surface area contributed by atoms with Crippen LogP contribution in [0.15, 0.2) is 95.5 Å². The number of aldehydes is 1. The van der Waals surface area contributed by atoms with Gasteiger partial charge < -0.3 is 9.15 Å². The molecule has 2 aromatic heterocycles. The van der Waals surface area contributed by atoms with Crippen molar-refractivity contribution in [2.24, 2.45) is 0 Å². The zero-order valence-electron chi connectivity index (χ0n) is 23.0. The summed E-state index contributed by atoms with van der Waals surface area (Å²) in [5, 5.41) is 9.84. The normalized spacial score (nSPS) is 11.1. The number of ether oxygens (including phenoxy) is 1. The average Bonchev–Trinajstić information content (AvgIpc) is 3.63. The van der Waals surface area contributed by atoms with Crippen LogP contribution in [-0.2, 0) is 13.0 Å². The van der Waals surface area contributed by atoms with Gasteiger partial charge in [0.15, 0.2) is 12.0 Å². The molecule has 0 saturated heterocycles. The Bertz CT molecular complexity index is 1920. The molecule has 0 unspecified atom stereocenters. The topological polar surface area (TPSA) is 87.2 Å². The molecule has 7 nitrogen and oxygen atoms in total. The summed E-state index contributed by atoms with van der Waals surface area (Å²) in [7, 11) is 0. The van der Waals surface area contributed by atoms with Crippen LogP contribution in [0.2, 0.25) is 5.02 Å². The van der Waals surface area contributed by atoms with E-state index in [9.17, 15) is 9.59 Å². The van der Waals surface area contributed by atoms with Gasteiger partial charge in [-0.3, -0.25) is 9.59 Å². The van der Waals surface area contributed by atoms with Crippen molar-refractivity contribution in [3.63, 3.8) is 0 Å². The van der Waals surface area contributed by atoms with E-state index in [1.54, 1.807) is 41.1 Å². The van der Waals surface area contributed by atoms with Gasteiger partial charge in [0, 0.05) is 16.0 Å². The molecule has 0 bridgehead atoms. The fourth-order valence-corrected chi connectivity index (χ4v) is 5.08. The minimum absolute atomic E-state index is 0.180. The Morgan fingerprint density at radius 3 is 2.43 bits per heavy atom. The second kappa shape index (κ2) is 11.5. The molecule has 0 aliphatic carbocycles. The average molecular weight is 576 g/mol. The standard InChI is InChI=1S/C34H26ClN3O4/c1-21-11-22(2)13-30(12-21)38-18-29(36-37-38)20-41-31-9-3-24(16-27(31)19-39)14-23-4-10-32-26(15-23)17-33(42-32)34(40)25-5-7-28(35)8-6-25/h3-13,15-19H,14,20H2,1-2H3. The van der Waals surface area contributed by atoms with Gasteiger partial charge in [0.2, 0.25) is 5.78 Å². The van der Waals surface area contributed by atoms with Crippen LogP contribution in [-0.4, -0.2) is 27.1 Å². The quantitative estimate of drug-likeness (QED) is 0.131. The number of ketones is 1. The third-order valence-corrected chi connectivity index (χ3v) is 7.16. The summed E-state index contributed by atoms with van der Waals surface area (Å²) in [5.74, 6) is 0.539. The van der Waals surface area contributed by atoms with Gasteiger partial charge in [0.25, 0.3) is 0 Å². The fourth-order valence-electron chi connectivity index (χ4n) is 4.95. The maximum absolute atomic E-state index is 12.8. The van der Waals surface area contributed by atoms with E-state index >= 15 is 0 Å². The highest BCUT2D eigenvalue weighted by Crippen LogP contribution is 2.26. The van der Waals surface area contributed by atoms with Crippen LogP contribution in [0.5, 0.6) is 5.75 Å². The molecule has 8 heteroatoms. The number of fused-ring (bicyclic) bond motifs is 1. The van der Waals surface area contributed by atoms with E-state index in [1.165, 1.54) is 0 Å². The minimum atomic E-state index is -0.205. The number of halogens is 1. The Morgan fingerprint density at radius 1 is 0.929 bits per heavy atom. The van der Waals surface area contributed by atoms with Crippen molar-refractivity contribution in [1.29, 1.82) is 0 Å². The van der Waals surface area contributed by atoms with Gasteiger partial charge in [-0.05, 0) is 109 Å². The molecule has 0 atom stereocenters. The number of carbonyl (C=O) groups excluding carboxylic acids is 2. The van der Waals surface area contributed by atoms with Crippen molar-refractivity contribution in [2.45, 2.75) is 26.9 Å². The second-order valence-corrected chi connectivity index (χ2v) is 10.7. The first kappa shape index (κ1) is 27.2. The smallest absolute Gasteiger partial charge is 0.228 e. The predicted octanol–water partition coefficient (Wildman–Crippen LogP) is 7.50. The molecule has 0 saturated carbocycles. The van der Waals surface area contributed by atoms with Crippen molar-refractivity contribution in [1.82, 2.24) is 15.0 Å². The van der Waals surface area contributed by atoms with E-state index < -0.39 is 0 Å². The molecule has 6 aromatic rings. The molecule has 0 spiro atoms. The third-order valence-electron chi connectivity index (χ3n) is 6.91. The number of rotatable bonds is 9. The summed E-state index contributed by atoms with van der Waals surface area (Å²) in [6.07, 6.45) is 3.20. The number of hydrogen-bond donors (Lipinski definition) is 0. The number of carbonyl (C=O) groups is 2. The Hall–Kier alpha value is -5.01. The van der Waals surface area contributed by atoms with Gasteiger partial charge in [-0.15, -0.1) is 5.10 Å². The minimum Gasteiger partial charge on any atom is -0.486 e. The molecule has 4 aromatic carbocycles. The summed E-state index contributed by atoms with van der Waals surface area (Å²) in [6, 6.07) is 26.0. The number of nitrogens with zero attached hydrogens (tertiary/aromatic N) is 3. The highest BCUT2D eigenvalue weighted by atomic mass is 35.5. The Kier molecular flexibility index (Phi) is 7.42. The summed E-state index contributed by atoms with van der Waals surface area (Å²) in [4.78, 5) is 24.8. The lowest BCUT2D eigenvalue weighted by molar-refractivity contribution is 0.101. The van der Waals surface area contributed by atoms with E-state index in [0.29, 0.717) is 39.6 Å². The maximum Gasteiger partial charge on any atom is 0.228 e. The Balaban J connectivity index is 1.14. The van der Waals surface area contributed by atoms with E-state index in [1.807, 2.05) is 62.5 Å². The summed E-state index contributed by atoms with van der Waals surface area (Å²) in [6.45, 7) is 4.26. The van der Waals surface area contributed by atoms with Gasteiger partial charge in [0.05, 0.1) is 17.4 Å². The molecule has 0 fully saturated rings. The van der Waals surface area contributed by atoms with Crippen LogP contribution < -0.4 is 4.74 Å². The molecule has 42 heavy (non-hydrogen) atoms. The first-order valence-electron chi connectivity index (χ1n) is 13.4. The zero-order chi connectivity index (χ0) is 29.2. The SMILES string of the molecule is Cc1cc(C)cc(-n2cc(COc3ccc(Cc4ccc5oc(C(=O)c6ccc(Cl)cc6)cc5c4)cc3C=O)nn2)c1. The molecule has 0 amide bonds. The van der Waals surface area contributed by atoms with E-state index in [-0.39, 0.29) is 18.2 Å².